The number of benzene rings is 2. The predicted molar refractivity (Wildman–Crippen MR) is 137 cm³/mol. The molecule has 192 valence electrons. The minimum atomic E-state index is -1.23. The lowest BCUT2D eigenvalue weighted by molar-refractivity contribution is -0.134. The maximum atomic E-state index is 13.4. The molecule has 0 bridgehead atoms. The topological polar surface area (TPSA) is 141 Å². The van der Waals surface area contributed by atoms with Crippen molar-refractivity contribution >= 4 is 46.0 Å². The number of carbonyl (C=O) groups is 4. The van der Waals surface area contributed by atoms with Gasteiger partial charge in [-0.3, -0.25) is 9.59 Å². The van der Waals surface area contributed by atoms with Gasteiger partial charge >= 0.3 is 12.0 Å². The van der Waals surface area contributed by atoms with Crippen molar-refractivity contribution in [3.63, 3.8) is 0 Å². The summed E-state index contributed by atoms with van der Waals surface area (Å²) in [5.74, 6) is -1.88. The average molecular weight is 524 g/mol. The number of aromatic carboxylic acids is 1. The van der Waals surface area contributed by atoms with Crippen molar-refractivity contribution in [2.45, 2.75) is 18.5 Å². The first-order valence-corrected chi connectivity index (χ1v) is 12.1. The minimum Gasteiger partial charge on any atom is -0.497 e. The Kier molecular flexibility index (Phi) is 7.39. The summed E-state index contributed by atoms with van der Waals surface area (Å²) in [7, 11) is 5.32. The van der Waals surface area contributed by atoms with Gasteiger partial charge in [0.15, 0.2) is 10.8 Å². The van der Waals surface area contributed by atoms with E-state index in [1.54, 1.807) is 24.3 Å². The molecule has 4 rings (SSSR count). The minimum absolute atomic E-state index is 0.0468. The Morgan fingerprint density at radius 1 is 1.16 bits per heavy atom. The molecule has 1 aromatic heterocycles. The molecule has 1 fully saturated rings. The molecule has 2 aromatic carbocycles. The molecule has 3 N–H and O–H groups in total. The molecule has 1 aliphatic rings. The summed E-state index contributed by atoms with van der Waals surface area (Å²) in [6, 6.07) is 11.2. The lowest BCUT2D eigenvalue weighted by Gasteiger charge is -2.24. The number of carbonyl (C=O) groups excluding carboxylic acids is 3. The van der Waals surface area contributed by atoms with Crippen molar-refractivity contribution in [2.24, 2.45) is 0 Å². The second-order valence-electron chi connectivity index (χ2n) is 8.48. The third-order valence-electron chi connectivity index (χ3n) is 5.87. The summed E-state index contributed by atoms with van der Waals surface area (Å²) >= 11 is 0.935. The number of hydrogen-bond donors (Lipinski definition) is 3. The smallest absolute Gasteiger partial charge is 0.355 e. The number of nitrogens with zero attached hydrogens (tertiary/aromatic N) is 3. The van der Waals surface area contributed by atoms with E-state index >= 15 is 0 Å². The van der Waals surface area contributed by atoms with Gasteiger partial charge in [0.25, 0.3) is 5.91 Å². The molecule has 3 aromatic rings. The molecule has 37 heavy (non-hydrogen) atoms. The van der Waals surface area contributed by atoms with Gasteiger partial charge in [-0.1, -0.05) is 24.3 Å². The lowest BCUT2D eigenvalue weighted by Crippen LogP contribution is -2.49. The first-order valence-electron chi connectivity index (χ1n) is 11.2. The van der Waals surface area contributed by atoms with Crippen molar-refractivity contribution in [3.05, 3.63) is 70.7 Å². The number of hydrogen-bond acceptors (Lipinski definition) is 8. The molecule has 11 nitrogen and oxygen atoms in total. The number of amides is 4. The molecular weight excluding hydrogens is 498 g/mol. The number of methoxy groups -OCH3 is 1. The van der Waals surface area contributed by atoms with Gasteiger partial charge in [-0.05, 0) is 35.4 Å². The van der Waals surface area contributed by atoms with Gasteiger partial charge in [0.1, 0.15) is 17.8 Å². The highest BCUT2D eigenvalue weighted by Gasteiger charge is 2.45. The molecule has 0 unspecified atom stereocenters. The zero-order chi connectivity index (χ0) is 26.7. The Balaban J connectivity index is 1.63. The third kappa shape index (κ3) is 5.54. The summed E-state index contributed by atoms with van der Waals surface area (Å²) in [6.07, 6.45) is 0.0468. The second kappa shape index (κ2) is 10.7. The fourth-order valence-electron chi connectivity index (χ4n) is 3.88. The zero-order valence-electron chi connectivity index (χ0n) is 20.3. The van der Waals surface area contributed by atoms with Crippen molar-refractivity contribution < 1.29 is 29.0 Å². The van der Waals surface area contributed by atoms with Crippen molar-refractivity contribution in [1.82, 2.24) is 15.2 Å². The van der Waals surface area contributed by atoms with Crippen LogP contribution in [0.3, 0.4) is 0 Å². The normalized spacial score (nSPS) is 15.8. The number of aromatic nitrogens is 1. The number of urea groups is 1. The first-order chi connectivity index (χ1) is 17.7. The van der Waals surface area contributed by atoms with Crippen LogP contribution in [0, 0.1) is 0 Å². The standard InChI is InChI=1S/C25H25N5O6S/c1-29(2)16-8-4-14(5-9-16)12-19(21(31)28-24-26-18(13-37-24)23(33)34)30-22(32)20(27-25(30)35)15-6-10-17(36-3)11-7-15/h4-11,13,19-20H,12H2,1-3H3,(H,27,35)(H,33,34)(H,26,28,31)/t19-,20+/m0/s1. The van der Waals surface area contributed by atoms with E-state index in [1.165, 1.54) is 12.5 Å². The summed E-state index contributed by atoms with van der Waals surface area (Å²) in [4.78, 5) is 57.7. The van der Waals surface area contributed by atoms with Crippen LogP contribution in [0.15, 0.2) is 53.9 Å². The number of ether oxygens (including phenoxy) is 1. The Hall–Kier alpha value is -4.45. The van der Waals surface area contributed by atoms with Crippen LogP contribution in [-0.2, 0) is 16.0 Å². The van der Waals surface area contributed by atoms with Crippen LogP contribution < -0.4 is 20.3 Å². The van der Waals surface area contributed by atoms with Crippen molar-refractivity contribution in [3.8, 4) is 5.75 Å². The SMILES string of the molecule is COc1ccc([C@H]2NC(=O)N([C@@H](Cc3ccc(N(C)C)cc3)C(=O)Nc3nc(C(=O)O)cs3)C2=O)cc1. The fourth-order valence-corrected chi connectivity index (χ4v) is 4.57. The van der Waals surface area contributed by atoms with Crippen LogP contribution in [-0.4, -0.2) is 66.1 Å². The molecule has 12 heteroatoms. The quantitative estimate of drug-likeness (QED) is 0.364. The highest BCUT2D eigenvalue weighted by molar-refractivity contribution is 7.14. The lowest BCUT2D eigenvalue weighted by atomic mass is 10.0. The van der Waals surface area contributed by atoms with E-state index in [4.69, 9.17) is 9.84 Å². The number of imide groups is 1. The summed E-state index contributed by atoms with van der Waals surface area (Å²) in [5.41, 5.74) is 2.00. The highest BCUT2D eigenvalue weighted by Crippen LogP contribution is 2.28. The van der Waals surface area contributed by atoms with Gasteiger partial charge in [-0.25, -0.2) is 19.5 Å². The largest absolute Gasteiger partial charge is 0.497 e. The number of carboxylic acids is 1. The van der Waals surface area contributed by atoms with Gasteiger partial charge in [-0.15, -0.1) is 11.3 Å². The van der Waals surface area contributed by atoms with Crippen LogP contribution in [0.4, 0.5) is 15.6 Å². The van der Waals surface area contributed by atoms with Crippen LogP contribution in [0.25, 0.3) is 0 Å². The number of thiazole rings is 1. The first kappa shape index (κ1) is 25.6. The molecule has 2 heterocycles. The summed E-state index contributed by atoms with van der Waals surface area (Å²) < 4.78 is 5.15. The maximum Gasteiger partial charge on any atom is 0.355 e. The Bertz CT molecular complexity index is 1320. The van der Waals surface area contributed by atoms with Crippen LogP contribution in [0.2, 0.25) is 0 Å². The third-order valence-corrected chi connectivity index (χ3v) is 6.63. The number of anilines is 2. The predicted octanol–water partition coefficient (Wildman–Crippen LogP) is 2.76. The monoisotopic (exact) mass is 523 g/mol. The molecule has 0 radical (unpaired) electrons. The van der Waals surface area contributed by atoms with Crippen molar-refractivity contribution in [2.75, 3.05) is 31.4 Å². The average Bonchev–Trinajstić information content (AvgIpc) is 3.47. The Morgan fingerprint density at radius 2 is 1.84 bits per heavy atom. The van der Waals surface area contributed by atoms with E-state index in [2.05, 4.69) is 15.6 Å². The Morgan fingerprint density at radius 3 is 2.41 bits per heavy atom. The van der Waals surface area contributed by atoms with Crippen LogP contribution in [0.1, 0.15) is 27.7 Å². The van der Waals surface area contributed by atoms with Gasteiger partial charge < -0.3 is 25.4 Å². The van der Waals surface area contributed by atoms with Crippen LogP contribution >= 0.6 is 11.3 Å². The molecular formula is C25H25N5O6S. The van der Waals surface area contributed by atoms with E-state index < -0.39 is 35.9 Å². The van der Waals surface area contributed by atoms with E-state index in [1.807, 2.05) is 43.3 Å². The molecule has 0 spiro atoms. The number of rotatable bonds is 9. The van der Waals surface area contributed by atoms with E-state index in [0.29, 0.717) is 11.3 Å². The fraction of sp³-hybridized carbons (Fsp3) is 0.240. The highest BCUT2D eigenvalue weighted by atomic mass is 32.1. The molecule has 1 saturated heterocycles. The molecule has 2 atom stereocenters. The second-order valence-corrected chi connectivity index (χ2v) is 9.34. The molecule has 0 saturated carbocycles. The molecule has 1 aliphatic heterocycles. The Labute approximate surface area is 216 Å². The molecule has 0 aliphatic carbocycles. The summed E-state index contributed by atoms with van der Waals surface area (Å²) in [6.45, 7) is 0. The van der Waals surface area contributed by atoms with Gasteiger partial charge in [0, 0.05) is 31.6 Å². The van der Waals surface area contributed by atoms with E-state index in [9.17, 15) is 19.2 Å². The van der Waals surface area contributed by atoms with Crippen LogP contribution in [0.5, 0.6) is 5.75 Å². The van der Waals surface area contributed by atoms with E-state index in [-0.39, 0.29) is 17.2 Å². The maximum absolute atomic E-state index is 13.4. The summed E-state index contributed by atoms with van der Waals surface area (Å²) in [5, 5.41) is 15.7. The van der Waals surface area contributed by atoms with Gasteiger partial charge in [0.2, 0.25) is 5.91 Å². The van der Waals surface area contributed by atoms with Gasteiger partial charge in [0.05, 0.1) is 7.11 Å². The number of carboxylic acid groups (broad SMARTS) is 1. The number of nitrogens with one attached hydrogen (secondary N) is 2. The van der Waals surface area contributed by atoms with E-state index in [0.717, 1.165) is 27.5 Å². The zero-order valence-corrected chi connectivity index (χ0v) is 21.1. The van der Waals surface area contributed by atoms with Gasteiger partial charge in [-0.2, -0.15) is 0 Å². The van der Waals surface area contributed by atoms with Crippen molar-refractivity contribution in [1.29, 1.82) is 0 Å². The molecule has 4 amide bonds.